The molecule has 5 nitrogen and oxygen atoms in total. The van der Waals surface area contributed by atoms with Crippen molar-refractivity contribution in [3.05, 3.63) is 95.3 Å². The van der Waals surface area contributed by atoms with Gasteiger partial charge in [0.2, 0.25) is 0 Å². The molecule has 2 amide bonds. The molecule has 3 rings (SSSR count). The highest BCUT2D eigenvalue weighted by Gasteiger charge is 2.14. The second kappa shape index (κ2) is 8.95. The number of pyridine rings is 1. The second-order valence-electron chi connectivity index (χ2n) is 6.77. The van der Waals surface area contributed by atoms with Gasteiger partial charge in [0, 0.05) is 12.2 Å². The molecule has 1 heterocycles. The molecule has 2 N–H and O–H groups in total. The Morgan fingerprint density at radius 2 is 1.46 bits per heavy atom. The molecule has 0 atom stereocenters. The summed E-state index contributed by atoms with van der Waals surface area (Å²) >= 11 is 0. The molecular weight excluding hydrogens is 350 g/mol. The van der Waals surface area contributed by atoms with Crippen LogP contribution in [0.5, 0.6) is 0 Å². The van der Waals surface area contributed by atoms with Crippen LogP contribution in [0.25, 0.3) is 0 Å². The molecule has 1 aromatic heterocycles. The van der Waals surface area contributed by atoms with Crippen LogP contribution >= 0.6 is 0 Å². The van der Waals surface area contributed by atoms with Crippen molar-refractivity contribution in [1.82, 2.24) is 10.3 Å². The van der Waals surface area contributed by atoms with Gasteiger partial charge in [-0.05, 0) is 35.2 Å². The predicted molar refractivity (Wildman–Crippen MR) is 110 cm³/mol. The number of benzene rings is 2. The van der Waals surface area contributed by atoms with Crippen molar-refractivity contribution in [3.63, 3.8) is 0 Å². The molecule has 0 aliphatic heterocycles. The van der Waals surface area contributed by atoms with Crippen LogP contribution in [0.3, 0.4) is 0 Å². The fourth-order valence-electron chi connectivity index (χ4n) is 2.86. The molecule has 5 heteroatoms. The molecule has 0 fully saturated rings. The van der Waals surface area contributed by atoms with Crippen LogP contribution in [0, 0.1) is 0 Å². The summed E-state index contributed by atoms with van der Waals surface area (Å²) in [5.74, 6) is -0.383. The summed E-state index contributed by atoms with van der Waals surface area (Å²) < 4.78 is 0. The molecule has 0 bridgehead atoms. The van der Waals surface area contributed by atoms with Gasteiger partial charge in [-0.2, -0.15) is 0 Å². The minimum Gasteiger partial charge on any atom is -0.347 e. The van der Waals surface area contributed by atoms with E-state index in [2.05, 4.69) is 29.5 Å². The molecule has 0 saturated carbocycles. The van der Waals surface area contributed by atoms with Gasteiger partial charge in [0.15, 0.2) is 0 Å². The topological polar surface area (TPSA) is 71.1 Å². The summed E-state index contributed by atoms with van der Waals surface area (Å²) in [5, 5.41) is 5.72. The van der Waals surface area contributed by atoms with Crippen LogP contribution < -0.4 is 10.6 Å². The Labute approximate surface area is 164 Å². The van der Waals surface area contributed by atoms with Gasteiger partial charge in [0.25, 0.3) is 11.8 Å². The average Bonchev–Trinajstić information content (AvgIpc) is 2.73. The van der Waals surface area contributed by atoms with E-state index < -0.39 is 0 Å². The van der Waals surface area contributed by atoms with Crippen molar-refractivity contribution in [2.24, 2.45) is 0 Å². The van der Waals surface area contributed by atoms with E-state index in [1.807, 2.05) is 54.6 Å². The summed E-state index contributed by atoms with van der Waals surface area (Å²) in [7, 11) is 0. The first kappa shape index (κ1) is 19.3. The highest BCUT2D eigenvalue weighted by Crippen LogP contribution is 2.24. The number of hydrogen-bond donors (Lipinski definition) is 2. The predicted octanol–water partition coefficient (Wildman–Crippen LogP) is 4.39. The lowest BCUT2D eigenvalue weighted by Crippen LogP contribution is -2.25. The van der Waals surface area contributed by atoms with Crippen LogP contribution in [0.2, 0.25) is 0 Å². The van der Waals surface area contributed by atoms with E-state index in [0.717, 1.165) is 16.8 Å². The molecule has 142 valence electrons. The largest absolute Gasteiger partial charge is 0.347 e. The highest BCUT2D eigenvalue weighted by atomic mass is 16.2. The summed E-state index contributed by atoms with van der Waals surface area (Å²) in [5.41, 5.74) is 3.21. The molecule has 3 aromatic rings. The van der Waals surface area contributed by atoms with E-state index in [1.165, 1.54) is 0 Å². The monoisotopic (exact) mass is 373 g/mol. The number of rotatable bonds is 6. The van der Waals surface area contributed by atoms with Crippen molar-refractivity contribution in [2.45, 2.75) is 26.3 Å². The van der Waals surface area contributed by atoms with Gasteiger partial charge in [-0.15, -0.1) is 0 Å². The van der Waals surface area contributed by atoms with E-state index in [4.69, 9.17) is 0 Å². The minimum absolute atomic E-state index is 0.200. The second-order valence-corrected chi connectivity index (χ2v) is 6.77. The first-order chi connectivity index (χ1) is 13.5. The summed E-state index contributed by atoms with van der Waals surface area (Å²) in [6.45, 7) is 4.54. The lowest BCUT2D eigenvalue weighted by Gasteiger charge is -2.13. The number of nitrogens with one attached hydrogen (secondary N) is 2. The first-order valence-electron chi connectivity index (χ1n) is 9.24. The van der Waals surface area contributed by atoms with Crippen LogP contribution in [-0.4, -0.2) is 16.8 Å². The SMILES string of the molecule is CC(C)c1ccccc1NC(=O)c1cccc(C(=O)NCc2ccccc2)n1. The number of hydrogen-bond acceptors (Lipinski definition) is 3. The normalized spacial score (nSPS) is 10.5. The Morgan fingerprint density at radius 3 is 2.18 bits per heavy atom. The van der Waals surface area contributed by atoms with Gasteiger partial charge >= 0.3 is 0 Å². The number of para-hydroxylation sites is 1. The summed E-state index contributed by atoms with van der Waals surface area (Å²) in [4.78, 5) is 29.3. The molecule has 0 aliphatic carbocycles. The van der Waals surface area contributed by atoms with Gasteiger partial charge in [-0.25, -0.2) is 4.98 Å². The Morgan fingerprint density at radius 1 is 0.821 bits per heavy atom. The van der Waals surface area contributed by atoms with Crippen LogP contribution in [-0.2, 0) is 6.54 Å². The van der Waals surface area contributed by atoms with E-state index in [9.17, 15) is 9.59 Å². The van der Waals surface area contributed by atoms with Crippen molar-refractivity contribution >= 4 is 17.5 Å². The average molecular weight is 373 g/mol. The third-order valence-corrected chi connectivity index (χ3v) is 4.34. The van der Waals surface area contributed by atoms with E-state index in [0.29, 0.717) is 6.54 Å². The molecule has 0 radical (unpaired) electrons. The van der Waals surface area contributed by atoms with Crippen molar-refractivity contribution in [1.29, 1.82) is 0 Å². The lowest BCUT2D eigenvalue weighted by atomic mass is 10.0. The third kappa shape index (κ3) is 4.82. The molecule has 2 aromatic carbocycles. The lowest BCUT2D eigenvalue weighted by molar-refractivity contribution is 0.0945. The maximum Gasteiger partial charge on any atom is 0.274 e. The molecular formula is C23H23N3O2. The summed E-state index contributed by atoms with van der Waals surface area (Å²) in [6, 6.07) is 22.2. The van der Waals surface area contributed by atoms with Crippen molar-refractivity contribution in [3.8, 4) is 0 Å². The zero-order valence-corrected chi connectivity index (χ0v) is 16.0. The maximum absolute atomic E-state index is 12.6. The van der Waals surface area contributed by atoms with Gasteiger partial charge in [0.05, 0.1) is 0 Å². The van der Waals surface area contributed by atoms with E-state index in [1.54, 1.807) is 18.2 Å². The van der Waals surface area contributed by atoms with Gasteiger partial charge in [-0.1, -0.05) is 68.4 Å². The highest BCUT2D eigenvalue weighted by molar-refractivity contribution is 6.04. The molecule has 0 aliphatic rings. The number of carbonyl (C=O) groups excluding carboxylic acids is 2. The number of anilines is 1. The van der Waals surface area contributed by atoms with Crippen LogP contribution in [0.1, 0.15) is 51.9 Å². The maximum atomic E-state index is 12.6. The Bertz CT molecular complexity index is 968. The van der Waals surface area contributed by atoms with Crippen molar-refractivity contribution < 1.29 is 9.59 Å². The molecule has 28 heavy (non-hydrogen) atoms. The Balaban J connectivity index is 1.70. The molecule has 0 saturated heterocycles. The summed E-state index contributed by atoms with van der Waals surface area (Å²) in [6.07, 6.45) is 0. The molecule has 0 unspecified atom stereocenters. The number of nitrogens with zero attached hydrogens (tertiary/aromatic N) is 1. The van der Waals surface area contributed by atoms with Crippen LogP contribution in [0.15, 0.2) is 72.8 Å². The first-order valence-corrected chi connectivity index (χ1v) is 9.24. The smallest absolute Gasteiger partial charge is 0.274 e. The van der Waals surface area contributed by atoms with Crippen LogP contribution in [0.4, 0.5) is 5.69 Å². The standard InChI is InChI=1S/C23H23N3O2/c1-16(2)18-11-6-7-12-19(18)26-23(28)21-14-8-13-20(25-21)22(27)24-15-17-9-4-3-5-10-17/h3-14,16H,15H2,1-2H3,(H,24,27)(H,26,28). The van der Waals surface area contributed by atoms with E-state index >= 15 is 0 Å². The Hall–Kier alpha value is -3.47. The minimum atomic E-state index is -0.342. The fourth-order valence-corrected chi connectivity index (χ4v) is 2.86. The third-order valence-electron chi connectivity index (χ3n) is 4.34. The van der Waals surface area contributed by atoms with Gasteiger partial charge in [-0.3, -0.25) is 9.59 Å². The van der Waals surface area contributed by atoms with E-state index in [-0.39, 0.29) is 29.1 Å². The Kier molecular flexibility index (Phi) is 6.17. The number of amides is 2. The van der Waals surface area contributed by atoms with Gasteiger partial charge in [0.1, 0.15) is 11.4 Å². The number of carbonyl (C=O) groups is 2. The zero-order valence-electron chi connectivity index (χ0n) is 16.0. The quantitative estimate of drug-likeness (QED) is 0.673. The fraction of sp³-hybridized carbons (Fsp3) is 0.174. The molecule has 0 spiro atoms. The number of aromatic nitrogens is 1. The van der Waals surface area contributed by atoms with Crippen molar-refractivity contribution in [2.75, 3.05) is 5.32 Å². The zero-order chi connectivity index (χ0) is 19.9. The van der Waals surface area contributed by atoms with Gasteiger partial charge < -0.3 is 10.6 Å².